The second kappa shape index (κ2) is 7.94. The van der Waals surface area contributed by atoms with Crippen molar-refractivity contribution in [1.29, 1.82) is 0 Å². The number of hydrogen-bond donors (Lipinski definition) is 0. The van der Waals surface area contributed by atoms with Crippen molar-refractivity contribution in [2.45, 2.75) is 20.0 Å². The van der Waals surface area contributed by atoms with Gasteiger partial charge in [0, 0.05) is 6.08 Å². The van der Waals surface area contributed by atoms with Crippen LogP contribution in [0.4, 0.5) is 0 Å². The number of hydrogen-bond acceptors (Lipinski definition) is 4. The van der Waals surface area contributed by atoms with Crippen molar-refractivity contribution in [2.24, 2.45) is 0 Å². The van der Waals surface area contributed by atoms with Gasteiger partial charge < -0.3 is 9.47 Å². The molecule has 0 aromatic heterocycles. The van der Waals surface area contributed by atoms with Crippen molar-refractivity contribution >= 4 is 18.0 Å². The molecule has 2 rings (SSSR count). The van der Waals surface area contributed by atoms with Gasteiger partial charge in [0.25, 0.3) is 0 Å². The third kappa shape index (κ3) is 5.43. The molecule has 2 aromatic rings. The first-order valence-corrected chi connectivity index (χ1v) is 7.30. The zero-order chi connectivity index (χ0) is 16.7. The minimum absolute atomic E-state index is 0.178. The van der Waals surface area contributed by atoms with Crippen LogP contribution in [0, 0.1) is 0 Å². The van der Waals surface area contributed by atoms with E-state index < -0.39 is 11.9 Å². The molecule has 4 nitrogen and oxygen atoms in total. The first-order valence-electron chi connectivity index (χ1n) is 7.30. The van der Waals surface area contributed by atoms with Crippen LogP contribution in [0.3, 0.4) is 0 Å². The molecule has 0 aliphatic carbocycles. The molecule has 2 aromatic carbocycles. The second-order valence-electron chi connectivity index (χ2n) is 5.14. The number of carbonyl (C=O) groups excluding carboxylic acids is 2. The third-order valence-electron chi connectivity index (χ3n) is 2.86. The number of benzene rings is 2. The summed E-state index contributed by atoms with van der Waals surface area (Å²) in [6, 6.07) is 15.7. The molecule has 0 fully saturated rings. The fourth-order valence-electron chi connectivity index (χ4n) is 1.82. The molecule has 0 aliphatic rings. The minimum atomic E-state index is -0.480. The van der Waals surface area contributed by atoms with Crippen molar-refractivity contribution < 1.29 is 19.1 Å². The van der Waals surface area contributed by atoms with Crippen LogP contribution in [0.25, 0.3) is 6.08 Å². The van der Waals surface area contributed by atoms with Crippen molar-refractivity contribution in [3.05, 3.63) is 71.8 Å². The van der Waals surface area contributed by atoms with E-state index in [1.807, 2.05) is 30.3 Å². The van der Waals surface area contributed by atoms with Gasteiger partial charge >= 0.3 is 11.9 Å². The Morgan fingerprint density at radius 3 is 2.22 bits per heavy atom. The first-order chi connectivity index (χ1) is 11.0. The average Bonchev–Trinajstić information content (AvgIpc) is 2.54. The van der Waals surface area contributed by atoms with E-state index in [9.17, 15) is 9.59 Å². The third-order valence-corrected chi connectivity index (χ3v) is 2.86. The Labute approximate surface area is 135 Å². The summed E-state index contributed by atoms with van der Waals surface area (Å²) in [5.74, 6) is -0.512. The molecule has 0 atom stereocenters. The van der Waals surface area contributed by atoms with Gasteiger partial charge in [0.15, 0.2) is 0 Å². The first kappa shape index (κ1) is 16.5. The summed E-state index contributed by atoms with van der Waals surface area (Å²) in [5.41, 5.74) is 1.33. The molecular weight excluding hydrogens is 292 g/mol. The Hall–Kier alpha value is -2.88. The highest BCUT2D eigenvalue weighted by Crippen LogP contribution is 2.14. The molecule has 0 bridgehead atoms. The summed E-state index contributed by atoms with van der Waals surface area (Å²) < 4.78 is 10.3. The van der Waals surface area contributed by atoms with Crippen LogP contribution in [0.2, 0.25) is 0 Å². The summed E-state index contributed by atoms with van der Waals surface area (Å²) in [7, 11) is 0. The Morgan fingerprint density at radius 1 is 0.957 bits per heavy atom. The molecule has 0 N–H and O–H groups in total. The maximum absolute atomic E-state index is 11.7. The maximum Gasteiger partial charge on any atom is 0.338 e. The lowest BCUT2D eigenvalue weighted by molar-refractivity contribution is -0.128. The molecule has 0 saturated carbocycles. The maximum atomic E-state index is 11.7. The lowest BCUT2D eigenvalue weighted by Crippen LogP contribution is -2.11. The van der Waals surface area contributed by atoms with Gasteiger partial charge in [-0.25, -0.2) is 9.59 Å². The highest BCUT2D eigenvalue weighted by molar-refractivity contribution is 5.90. The molecule has 23 heavy (non-hydrogen) atoms. The van der Waals surface area contributed by atoms with Crippen molar-refractivity contribution in [1.82, 2.24) is 0 Å². The monoisotopic (exact) mass is 310 g/mol. The molecule has 0 unspecified atom stereocenters. The zero-order valence-electron chi connectivity index (χ0n) is 13.1. The lowest BCUT2D eigenvalue weighted by atomic mass is 10.2. The predicted molar refractivity (Wildman–Crippen MR) is 88.1 cm³/mol. The van der Waals surface area contributed by atoms with Crippen LogP contribution in [0.1, 0.15) is 29.8 Å². The summed E-state index contributed by atoms with van der Waals surface area (Å²) in [6.45, 7) is 3.57. The van der Waals surface area contributed by atoms with Gasteiger partial charge in [0.1, 0.15) is 5.75 Å². The van der Waals surface area contributed by atoms with Crippen LogP contribution in [-0.4, -0.2) is 18.0 Å². The smallest absolute Gasteiger partial charge is 0.338 e. The van der Waals surface area contributed by atoms with Gasteiger partial charge in [0.2, 0.25) is 0 Å². The van der Waals surface area contributed by atoms with Gasteiger partial charge in [0.05, 0.1) is 11.7 Å². The molecule has 0 aliphatic heterocycles. The second-order valence-corrected chi connectivity index (χ2v) is 5.14. The van der Waals surface area contributed by atoms with E-state index in [-0.39, 0.29) is 6.10 Å². The van der Waals surface area contributed by atoms with Gasteiger partial charge in [-0.3, -0.25) is 0 Å². The normalized spacial score (nSPS) is 10.7. The van der Waals surface area contributed by atoms with E-state index in [4.69, 9.17) is 9.47 Å². The van der Waals surface area contributed by atoms with Gasteiger partial charge in [-0.15, -0.1) is 0 Å². The fraction of sp³-hybridized carbons (Fsp3) is 0.158. The van der Waals surface area contributed by atoms with Crippen LogP contribution in [0.5, 0.6) is 5.75 Å². The fourth-order valence-corrected chi connectivity index (χ4v) is 1.82. The average molecular weight is 310 g/mol. The standard InChI is InChI=1S/C19H18O4/c1-14(2)22-19(21)16-9-11-17(12-10-16)23-18(20)13-8-15-6-4-3-5-7-15/h3-14H,1-2H3/b13-8+. The van der Waals surface area contributed by atoms with Gasteiger partial charge in [-0.2, -0.15) is 0 Å². The quantitative estimate of drug-likeness (QED) is 0.478. The largest absolute Gasteiger partial charge is 0.459 e. The number of ether oxygens (including phenoxy) is 2. The van der Waals surface area contributed by atoms with E-state index in [0.717, 1.165) is 5.56 Å². The molecule has 0 saturated heterocycles. The SMILES string of the molecule is CC(C)OC(=O)c1ccc(OC(=O)/C=C/c2ccccc2)cc1. The Kier molecular flexibility index (Phi) is 5.69. The van der Waals surface area contributed by atoms with E-state index >= 15 is 0 Å². The zero-order valence-corrected chi connectivity index (χ0v) is 13.1. The minimum Gasteiger partial charge on any atom is -0.459 e. The van der Waals surface area contributed by atoms with Crippen LogP contribution in [-0.2, 0) is 9.53 Å². The van der Waals surface area contributed by atoms with Gasteiger partial charge in [-0.1, -0.05) is 30.3 Å². The van der Waals surface area contributed by atoms with Crippen molar-refractivity contribution in [3.8, 4) is 5.75 Å². The molecule has 0 heterocycles. The van der Waals surface area contributed by atoms with E-state index in [2.05, 4.69) is 0 Å². The van der Waals surface area contributed by atoms with Crippen LogP contribution in [0.15, 0.2) is 60.7 Å². The summed E-state index contributed by atoms with van der Waals surface area (Å²) in [6.07, 6.45) is 2.86. The predicted octanol–water partition coefficient (Wildman–Crippen LogP) is 3.87. The van der Waals surface area contributed by atoms with Crippen molar-refractivity contribution in [2.75, 3.05) is 0 Å². The highest BCUT2D eigenvalue weighted by atomic mass is 16.5. The lowest BCUT2D eigenvalue weighted by Gasteiger charge is -2.08. The van der Waals surface area contributed by atoms with Crippen LogP contribution >= 0.6 is 0 Å². The molecular formula is C19H18O4. The molecule has 0 radical (unpaired) electrons. The Bertz CT molecular complexity index is 685. The van der Waals surface area contributed by atoms with Gasteiger partial charge in [-0.05, 0) is 49.8 Å². The van der Waals surface area contributed by atoms with E-state index in [1.54, 1.807) is 44.2 Å². The van der Waals surface area contributed by atoms with Crippen molar-refractivity contribution in [3.63, 3.8) is 0 Å². The summed E-state index contributed by atoms with van der Waals surface area (Å²) >= 11 is 0. The summed E-state index contributed by atoms with van der Waals surface area (Å²) in [4.78, 5) is 23.5. The van der Waals surface area contributed by atoms with Crippen LogP contribution < -0.4 is 4.74 Å². The molecule has 4 heteroatoms. The van der Waals surface area contributed by atoms with E-state index in [0.29, 0.717) is 11.3 Å². The highest BCUT2D eigenvalue weighted by Gasteiger charge is 2.09. The Morgan fingerprint density at radius 2 is 1.61 bits per heavy atom. The Balaban J connectivity index is 1.94. The number of rotatable bonds is 5. The molecule has 0 amide bonds. The topological polar surface area (TPSA) is 52.6 Å². The summed E-state index contributed by atoms with van der Waals surface area (Å²) in [5, 5.41) is 0. The van der Waals surface area contributed by atoms with E-state index in [1.165, 1.54) is 6.08 Å². The number of esters is 2. The molecule has 118 valence electrons. The number of carbonyl (C=O) groups is 2. The molecule has 0 spiro atoms.